The van der Waals surface area contributed by atoms with Gasteiger partial charge in [-0.2, -0.15) is 0 Å². The van der Waals surface area contributed by atoms with Crippen molar-refractivity contribution in [3.63, 3.8) is 0 Å². The molecule has 0 aliphatic carbocycles. The van der Waals surface area contributed by atoms with E-state index in [1.165, 1.54) is 11.0 Å². The highest BCUT2D eigenvalue weighted by molar-refractivity contribution is 7.85. The molecule has 2 aliphatic heterocycles. The average Bonchev–Trinajstić information content (AvgIpc) is 3.03. The Kier molecular flexibility index (Phi) is 7.24. The van der Waals surface area contributed by atoms with Gasteiger partial charge in [-0.15, -0.1) is 0 Å². The fraction of sp³-hybridized carbons (Fsp3) is 0.250. The summed E-state index contributed by atoms with van der Waals surface area (Å²) >= 11 is 0. The summed E-state index contributed by atoms with van der Waals surface area (Å²) < 4.78 is 33.2. The molecule has 3 amide bonds. The van der Waals surface area contributed by atoms with Crippen LogP contribution in [-0.2, 0) is 22.1 Å². The number of hydrogen-bond donors (Lipinski definition) is 0. The first-order valence-corrected chi connectivity index (χ1v) is 13.4. The van der Waals surface area contributed by atoms with Crippen LogP contribution in [0.3, 0.4) is 0 Å². The Balaban J connectivity index is 1.50. The monoisotopic (exact) mass is 535 g/mol. The van der Waals surface area contributed by atoms with Crippen LogP contribution in [0.1, 0.15) is 33.2 Å². The number of carbonyl (C=O) groups excluding carboxylic acids is 3. The minimum atomic E-state index is -1.69. The maximum atomic E-state index is 14.6. The Morgan fingerprint density at radius 1 is 0.921 bits per heavy atom. The molecule has 196 valence electrons. The van der Waals surface area contributed by atoms with Gasteiger partial charge < -0.3 is 19.4 Å². The molecule has 1 atom stereocenters. The van der Waals surface area contributed by atoms with Gasteiger partial charge in [0.2, 0.25) is 0 Å². The Hall–Kier alpha value is -4.05. The highest BCUT2D eigenvalue weighted by Crippen LogP contribution is 2.36. The van der Waals surface area contributed by atoms with Gasteiger partial charge in [-0.3, -0.25) is 9.59 Å². The van der Waals surface area contributed by atoms with Gasteiger partial charge in [0.25, 0.3) is 11.8 Å². The first kappa shape index (κ1) is 25.6. The van der Waals surface area contributed by atoms with Gasteiger partial charge in [-0.1, -0.05) is 30.3 Å². The van der Waals surface area contributed by atoms with Gasteiger partial charge in [0.15, 0.2) is 0 Å². The maximum Gasteiger partial charge on any atom is 0.409 e. The Labute approximate surface area is 222 Å². The number of hydrogen-bond acceptors (Lipinski definition) is 5. The van der Waals surface area contributed by atoms with Crippen molar-refractivity contribution >= 4 is 34.4 Å². The van der Waals surface area contributed by atoms with Crippen LogP contribution in [0.2, 0.25) is 0 Å². The van der Waals surface area contributed by atoms with Crippen molar-refractivity contribution in [1.82, 2.24) is 9.80 Å². The van der Waals surface area contributed by atoms with Crippen molar-refractivity contribution < 1.29 is 27.7 Å². The van der Waals surface area contributed by atoms with Crippen molar-refractivity contribution in [2.45, 2.75) is 23.3 Å². The molecule has 5 rings (SSSR count). The Morgan fingerprint density at radius 3 is 2.34 bits per heavy atom. The van der Waals surface area contributed by atoms with Crippen molar-refractivity contribution in [3.05, 3.63) is 89.2 Å². The molecule has 0 aromatic heterocycles. The van der Waals surface area contributed by atoms with Crippen molar-refractivity contribution in [2.24, 2.45) is 0 Å². The molecular formula is C28H26FN3O5S. The first-order valence-electron chi connectivity index (χ1n) is 12.3. The van der Waals surface area contributed by atoms with Gasteiger partial charge in [-0.05, 0) is 43.3 Å². The summed E-state index contributed by atoms with van der Waals surface area (Å²) in [5.74, 6) is -1.17. The Bertz CT molecular complexity index is 1440. The minimum absolute atomic E-state index is 0.0973. The van der Waals surface area contributed by atoms with Crippen LogP contribution < -0.4 is 4.90 Å². The third kappa shape index (κ3) is 4.79. The summed E-state index contributed by atoms with van der Waals surface area (Å²) in [5, 5.41) is 0. The van der Waals surface area contributed by atoms with Gasteiger partial charge in [0.1, 0.15) is 5.82 Å². The predicted octanol–water partition coefficient (Wildman–Crippen LogP) is 4.07. The van der Waals surface area contributed by atoms with Gasteiger partial charge in [0.05, 0.1) is 45.0 Å². The largest absolute Gasteiger partial charge is 0.450 e. The molecule has 0 radical (unpaired) electrons. The van der Waals surface area contributed by atoms with Crippen molar-refractivity contribution in [3.8, 4) is 0 Å². The maximum absolute atomic E-state index is 14.6. The van der Waals surface area contributed by atoms with E-state index in [0.29, 0.717) is 52.8 Å². The molecule has 2 aliphatic rings. The standard InChI is InChI=1S/C28H26FN3O5S/c1-2-37-28(35)31-15-13-30(14-16-31)26(33)19-11-12-25-23(17-19)32(18-20-7-3-5-9-22(20)29)27(34)21-8-4-6-10-24(21)38(25)36/h3-12,17H,2,13-16,18H2,1H3. The molecule has 2 heterocycles. The first-order chi connectivity index (χ1) is 18.4. The highest BCUT2D eigenvalue weighted by atomic mass is 32.2. The highest BCUT2D eigenvalue weighted by Gasteiger charge is 2.33. The zero-order chi connectivity index (χ0) is 26.8. The van der Waals surface area contributed by atoms with E-state index in [9.17, 15) is 23.0 Å². The lowest BCUT2D eigenvalue weighted by Gasteiger charge is -2.34. The number of rotatable bonds is 4. The van der Waals surface area contributed by atoms with E-state index in [0.717, 1.165) is 0 Å². The fourth-order valence-corrected chi connectivity index (χ4v) is 5.98. The molecule has 0 saturated carbocycles. The molecule has 10 heteroatoms. The van der Waals surface area contributed by atoms with Crippen molar-refractivity contribution in [1.29, 1.82) is 0 Å². The number of piperazine rings is 1. The molecule has 0 N–H and O–H groups in total. The van der Waals surface area contributed by atoms with Crippen LogP contribution in [-0.4, -0.2) is 64.7 Å². The fourth-order valence-electron chi connectivity index (χ4n) is 4.64. The molecule has 1 unspecified atom stereocenters. The number of halogens is 1. The van der Waals surface area contributed by atoms with Crippen LogP contribution in [0.15, 0.2) is 76.5 Å². The lowest BCUT2D eigenvalue weighted by molar-refractivity contribution is 0.0570. The topological polar surface area (TPSA) is 87.2 Å². The second-order valence-electron chi connectivity index (χ2n) is 8.91. The summed E-state index contributed by atoms with van der Waals surface area (Å²) in [7, 11) is -1.69. The number of nitrogens with zero attached hydrogens (tertiary/aromatic N) is 3. The third-order valence-corrected chi connectivity index (χ3v) is 8.14. The number of amides is 3. The number of ether oxygens (including phenoxy) is 1. The van der Waals surface area contributed by atoms with E-state index < -0.39 is 28.6 Å². The zero-order valence-corrected chi connectivity index (χ0v) is 21.6. The molecule has 3 aromatic rings. The van der Waals surface area contributed by atoms with E-state index in [1.807, 2.05) is 0 Å². The van der Waals surface area contributed by atoms with Gasteiger partial charge in [0, 0.05) is 37.3 Å². The van der Waals surface area contributed by atoms with E-state index >= 15 is 0 Å². The second-order valence-corrected chi connectivity index (χ2v) is 10.3. The molecule has 0 bridgehead atoms. The lowest BCUT2D eigenvalue weighted by Crippen LogP contribution is -2.50. The molecule has 38 heavy (non-hydrogen) atoms. The quantitative estimate of drug-likeness (QED) is 0.503. The summed E-state index contributed by atoms with van der Waals surface area (Å²) in [5.41, 5.74) is 1.16. The molecule has 0 spiro atoms. The average molecular weight is 536 g/mol. The third-order valence-electron chi connectivity index (χ3n) is 6.64. The SMILES string of the molecule is CCOC(=O)N1CCN(C(=O)c2ccc3c(c2)N(Cc2ccccc2F)C(=O)c2ccccc2S3=O)CC1. The molecular weight excluding hydrogens is 509 g/mol. The normalized spacial score (nSPS) is 16.9. The van der Waals surface area contributed by atoms with E-state index in [-0.39, 0.29) is 24.6 Å². The van der Waals surface area contributed by atoms with Crippen LogP contribution in [0.25, 0.3) is 0 Å². The van der Waals surface area contributed by atoms with Crippen LogP contribution in [0, 0.1) is 5.82 Å². The summed E-state index contributed by atoms with van der Waals surface area (Å²) in [6.45, 7) is 3.25. The Morgan fingerprint density at radius 2 is 1.61 bits per heavy atom. The van der Waals surface area contributed by atoms with Gasteiger partial charge in [-0.25, -0.2) is 13.4 Å². The summed E-state index contributed by atoms with van der Waals surface area (Å²) in [6, 6.07) is 17.6. The number of fused-ring (bicyclic) bond motifs is 2. The smallest absolute Gasteiger partial charge is 0.409 e. The predicted molar refractivity (Wildman–Crippen MR) is 139 cm³/mol. The van der Waals surface area contributed by atoms with Crippen LogP contribution in [0.4, 0.5) is 14.9 Å². The number of carbonyl (C=O) groups is 3. The molecule has 1 fully saturated rings. The zero-order valence-electron chi connectivity index (χ0n) is 20.8. The minimum Gasteiger partial charge on any atom is -0.450 e. The molecule has 8 nitrogen and oxygen atoms in total. The van der Waals surface area contributed by atoms with Crippen LogP contribution in [0.5, 0.6) is 0 Å². The number of benzene rings is 3. The summed E-state index contributed by atoms with van der Waals surface area (Å²) in [4.78, 5) is 44.5. The van der Waals surface area contributed by atoms with Gasteiger partial charge >= 0.3 is 6.09 Å². The molecule has 1 saturated heterocycles. The van der Waals surface area contributed by atoms with Crippen LogP contribution >= 0.6 is 0 Å². The van der Waals surface area contributed by atoms with E-state index in [2.05, 4.69) is 0 Å². The van der Waals surface area contributed by atoms with E-state index in [4.69, 9.17) is 4.74 Å². The van der Waals surface area contributed by atoms with Crippen molar-refractivity contribution in [2.75, 3.05) is 37.7 Å². The number of anilines is 1. The lowest BCUT2D eigenvalue weighted by atomic mass is 10.1. The molecule has 3 aromatic carbocycles. The van der Waals surface area contributed by atoms with E-state index in [1.54, 1.807) is 77.4 Å². The summed E-state index contributed by atoms with van der Waals surface area (Å²) in [6.07, 6.45) is -0.408. The second kappa shape index (κ2) is 10.7.